The third kappa shape index (κ3) is 18.9. The number of sulfone groups is 2. The van der Waals surface area contributed by atoms with Crippen LogP contribution in [0.3, 0.4) is 0 Å². The van der Waals surface area contributed by atoms with Gasteiger partial charge in [-0.15, -0.1) is 11.3 Å². The highest BCUT2D eigenvalue weighted by molar-refractivity contribution is 7.91. The standard InChI is InChI=1S/C27H35N2O9PS2.C19H20N2O6S/c1-6-35-39(31,36-7-2)17-21-18-40-27(28-21)29-26(30)14-20-12-23(37-19(3)16-34-4)15-24(13-20)38-22-8-10-25(11-9-22)41(5,32)33;1-13(12-25-2)26-16-8-14(19(22)11-21-20)9-17(10-16)27-15-4-6-18(7-5-15)28(3,23)24/h8-13,15,18-19H,6-7,14,16-17H2,1-5H3,(H,28,29,30);4-11,13H,12H2,1-3H3/t19-;13-/m00/s1. The molecule has 1 heterocycles. The van der Waals surface area contributed by atoms with Gasteiger partial charge in [0.1, 0.15) is 46.7 Å². The molecule has 0 saturated heterocycles. The van der Waals surface area contributed by atoms with E-state index in [9.17, 15) is 31.0 Å². The maximum Gasteiger partial charge on any atom is 0.336 e. The summed E-state index contributed by atoms with van der Waals surface area (Å²) in [6.45, 7) is 8.33. The lowest BCUT2D eigenvalue weighted by Crippen LogP contribution is -2.18. The van der Waals surface area contributed by atoms with E-state index in [1.54, 1.807) is 76.8 Å². The molecule has 1 N–H and O–H groups in total. The van der Waals surface area contributed by atoms with Crippen LogP contribution in [-0.2, 0) is 60.1 Å². The number of methoxy groups -OCH3 is 2. The number of hydrogen-bond acceptors (Lipinski definition) is 17. The number of ketones is 1. The third-order valence-corrected chi connectivity index (χ3v) is 14.0. The minimum absolute atomic E-state index is 0.00591. The Morgan fingerprint density at radius 1 is 0.739 bits per heavy atom. The number of hydrogen-bond donors (Lipinski definition) is 1. The number of ether oxygens (including phenoxy) is 6. The minimum Gasteiger partial charge on any atom is -0.488 e. The predicted octanol–water partition coefficient (Wildman–Crippen LogP) is 8.48. The number of carbonyl (C=O) groups is 2. The van der Waals surface area contributed by atoms with Crippen LogP contribution in [0.4, 0.5) is 5.13 Å². The quantitative estimate of drug-likeness (QED) is 0.0189. The van der Waals surface area contributed by atoms with Crippen molar-refractivity contribution in [2.24, 2.45) is 0 Å². The van der Waals surface area contributed by atoms with Crippen molar-refractivity contribution in [1.29, 1.82) is 0 Å². The number of rotatable bonds is 25. The Labute approximate surface area is 406 Å². The number of anilines is 1. The molecule has 0 bridgehead atoms. The van der Waals surface area contributed by atoms with Gasteiger partial charge in [-0.3, -0.25) is 14.2 Å². The summed E-state index contributed by atoms with van der Waals surface area (Å²) in [7, 11) is -6.85. The lowest BCUT2D eigenvalue weighted by Gasteiger charge is -2.16. The first-order chi connectivity index (χ1) is 32.6. The van der Waals surface area contributed by atoms with Crippen molar-refractivity contribution >= 4 is 61.6 Å². The largest absolute Gasteiger partial charge is 0.488 e. The summed E-state index contributed by atoms with van der Waals surface area (Å²) in [6, 6.07) is 21.6. The summed E-state index contributed by atoms with van der Waals surface area (Å²) in [6.07, 6.45) is 2.48. The molecule has 5 aromatic rings. The van der Waals surface area contributed by atoms with Gasteiger partial charge in [0.25, 0.3) is 5.78 Å². The van der Waals surface area contributed by atoms with Crippen molar-refractivity contribution in [2.45, 2.75) is 62.3 Å². The predicted molar refractivity (Wildman–Crippen MR) is 259 cm³/mol. The second-order valence-corrected chi connectivity index (χ2v) is 22.0. The van der Waals surface area contributed by atoms with E-state index in [2.05, 4.69) is 15.1 Å². The van der Waals surface area contributed by atoms with E-state index in [1.165, 1.54) is 59.9 Å². The molecule has 2 atom stereocenters. The number of nitrogens with zero attached hydrogens (tertiary/aromatic N) is 3. The van der Waals surface area contributed by atoms with Gasteiger partial charge < -0.3 is 48.3 Å². The van der Waals surface area contributed by atoms with E-state index in [0.717, 1.165) is 18.7 Å². The maximum atomic E-state index is 12.9. The van der Waals surface area contributed by atoms with Gasteiger partial charge in [0.2, 0.25) is 5.91 Å². The van der Waals surface area contributed by atoms with Crippen LogP contribution >= 0.6 is 18.9 Å². The molecule has 0 unspecified atom stereocenters. The average molecular weight is 1030 g/mol. The van der Waals surface area contributed by atoms with Gasteiger partial charge in [-0.05, 0) is 106 Å². The molecule has 0 aliphatic heterocycles. The first kappa shape index (κ1) is 55.8. The van der Waals surface area contributed by atoms with Gasteiger partial charge in [0, 0.05) is 49.8 Å². The molecule has 5 rings (SSSR count). The van der Waals surface area contributed by atoms with Crippen LogP contribution in [0.5, 0.6) is 34.5 Å². The minimum atomic E-state index is -3.34. The van der Waals surface area contributed by atoms with Gasteiger partial charge >= 0.3 is 13.8 Å². The van der Waals surface area contributed by atoms with Crippen molar-refractivity contribution in [2.75, 3.05) is 58.5 Å². The molecule has 0 spiro atoms. The van der Waals surface area contributed by atoms with Gasteiger partial charge in [-0.25, -0.2) is 21.8 Å². The van der Waals surface area contributed by atoms with E-state index in [-0.39, 0.29) is 59.3 Å². The van der Waals surface area contributed by atoms with Crippen LogP contribution in [0.2, 0.25) is 0 Å². The molecular formula is C46H55N4O15PS3. The number of Topliss-reactive ketones (excluding diaryl/α,β-unsaturated/α-hetero) is 1. The van der Waals surface area contributed by atoms with Crippen LogP contribution in [0.1, 0.15) is 49.3 Å². The number of carbonyl (C=O) groups excluding carboxylic acids is 2. The SMILES string of the molecule is CCOP(=O)(Cc1csc(NC(=O)Cc2cc(Oc3ccc(S(C)(=O)=O)cc3)cc(O[C@@H](C)COC)c2)n1)OCC.COC[C@H](C)Oc1cc(Oc2ccc(S(C)(=O)=O)cc2)cc(C(=O)C=[N+]=[N-])c1. The molecule has 4 aromatic carbocycles. The van der Waals surface area contributed by atoms with Gasteiger partial charge in [-0.1, -0.05) is 0 Å². The van der Waals surface area contributed by atoms with Gasteiger partial charge in [0.15, 0.2) is 24.8 Å². The van der Waals surface area contributed by atoms with E-state index in [4.69, 9.17) is 43.0 Å². The first-order valence-corrected chi connectivity index (χ1v) is 27.4. The summed E-state index contributed by atoms with van der Waals surface area (Å²) in [5, 5.41) is 4.83. The summed E-state index contributed by atoms with van der Waals surface area (Å²) >= 11 is 1.21. The Hall–Kier alpha value is -5.80. The highest BCUT2D eigenvalue weighted by Crippen LogP contribution is 2.51. The van der Waals surface area contributed by atoms with Crippen molar-refractivity contribution in [3.05, 3.63) is 113 Å². The normalized spacial score (nSPS) is 12.3. The summed E-state index contributed by atoms with van der Waals surface area (Å²) < 4.78 is 104. The molecule has 0 aliphatic carbocycles. The van der Waals surface area contributed by atoms with E-state index >= 15 is 0 Å². The molecule has 1 aromatic heterocycles. The number of benzene rings is 4. The summed E-state index contributed by atoms with van der Waals surface area (Å²) in [5.74, 6) is 1.47. The Balaban J connectivity index is 0.000000323. The lowest BCUT2D eigenvalue weighted by molar-refractivity contribution is -0.115. The topological polar surface area (TPSA) is 255 Å². The molecule has 372 valence electrons. The van der Waals surface area contributed by atoms with E-state index in [1.807, 2.05) is 6.92 Å². The number of amides is 1. The average Bonchev–Trinajstić information content (AvgIpc) is 3.69. The fourth-order valence-electron chi connectivity index (χ4n) is 6.12. The van der Waals surface area contributed by atoms with Crippen LogP contribution in [0, 0.1) is 0 Å². The fraction of sp³-hybridized carbons (Fsp3) is 0.348. The summed E-state index contributed by atoms with van der Waals surface area (Å²) in [5.41, 5.74) is 9.90. The first-order valence-electron chi connectivity index (χ1n) is 21.1. The second-order valence-electron chi connectivity index (χ2n) is 15.0. The van der Waals surface area contributed by atoms with Crippen molar-refractivity contribution in [1.82, 2.24) is 4.98 Å². The molecule has 0 fully saturated rings. The van der Waals surface area contributed by atoms with Crippen LogP contribution in [-0.4, -0.2) is 110 Å². The fourth-order valence-corrected chi connectivity index (χ4v) is 9.83. The smallest absolute Gasteiger partial charge is 0.336 e. The Morgan fingerprint density at radius 3 is 1.67 bits per heavy atom. The Morgan fingerprint density at radius 2 is 1.20 bits per heavy atom. The second kappa shape index (κ2) is 26.3. The zero-order valence-electron chi connectivity index (χ0n) is 39.3. The summed E-state index contributed by atoms with van der Waals surface area (Å²) in [4.78, 5) is 32.4. The van der Waals surface area contributed by atoms with Crippen LogP contribution < -0.4 is 24.3 Å². The Bertz CT molecular complexity index is 2830. The van der Waals surface area contributed by atoms with Crippen LogP contribution in [0.15, 0.2) is 100 Å². The molecule has 23 heteroatoms. The van der Waals surface area contributed by atoms with Gasteiger partial charge in [-0.2, -0.15) is 4.79 Å². The number of nitrogens with one attached hydrogen (secondary N) is 1. The third-order valence-electron chi connectivity index (χ3n) is 8.90. The van der Waals surface area contributed by atoms with Crippen LogP contribution in [0.25, 0.3) is 5.53 Å². The molecule has 0 saturated carbocycles. The monoisotopic (exact) mass is 1030 g/mol. The molecular weight excluding hydrogens is 976 g/mol. The molecule has 1 amide bonds. The molecule has 69 heavy (non-hydrogen) atoms. The molecule has 0 radical (unpaired) electrons. The highest BCUT2D eigenvalue weighted by Gasteiger charge is 2.26. The van der Waals surface area contributed by atoms with Crippen molar-refractivity contribution in [3.8, 4) is 34.5 Å². The van der Waals surface area contributed by atoms with Gasteiger partial charge in [0.05, 0.1) is 54.5 Å². The van der Waals surface area contributed by atoms with E-state index < -0.39 is 33.1 Å². The number of aromatic nitrogens is 1. The number of thiazole rings is 1. The zero-order chi connectivity index (χ0) is 50.8. The van der Waals surface area contributed by atoms with E-state index in [0.29, 0.717) is 64.1 Å². The molecule has 19 nitrogen and oxygen atoms in total. The molecule has 0 aliphatic rings. The van der Waals surface area contributed by atoms with Crippen molar-refractivity contribution < 1.29 is 73.2 Å². The van der Waals surface area contributed by atoms with Crippen molar-refractivity contribution in [3.63, 3.8) is 0 Å². The highest BCUT2D eigenvalue weighted by atomic mass is 32.2. The maximum absolute atomic E-state index is 12.9. The Kier molecular flexibility index (Phi) is 21.2. The zero-order valence-corrected chi connectivity index (χ0v) is 42.6. The lowest BCUT2D eigenvalue weighted by atomic mass is 10.1.